The number of H-pyrrole nitrogens is 1. The molecule has 1 aromatic heterocycles. The summed E-state index contributed by atoms with van der Waals surface area (Å²) in [5.41, 5.74) is 2.26. The topological polar surface area (TPSA) is 45.8 Å². The average molecular weight is 178 g/mol. The van der Waals surface area contributed by atoms with Crippen LogP contribution >= 0.6 is 0 Å². The van der Waals surface area contributed by atoms with Gasteiger partial charge >= 0.3 is 0 Å². The third kappa shape index (κ3) is 1.39. The third-order valence-electron chi connectivity index (χ3n) is 2.72. The molecule has 13 heavy (non-hydrogen) atoms. The molecule has 1 N–H and O–H groups in total. The molecular weight excluding hydrogens is 164 g/mol. The second-order valence-corrected chi connectivity index (χ2v) is 4.05. The molecule has 3 nitrogen and oxygen atoms in total. The summed E-state index contributed by atoms with van der Waals surface area (Å²) in [5, 5.41) is 0. The van der Waals surface area contributed by atoms with E-state index in [0.29, 0.717) is 17.7 Å². The van der Waals surface area contributed by atoms with Gasteiger partial charge in [-0.3, -0.25) is 4.79 Å². The maximum Gasteiger partial charge on any atom is 0.185 e. The number of rotatable bonds is 1. The summed E-state index contributed by atoms with van der Waals surface area (Å²) in [6.07, 6.45) is 2.99. The van der Waals surface area contributed by atoms with Crippen LogP contribution < -0.4 is 0 Å². The smallest absolute Gasteiger partial charge is 0.185 e. The summed E-state index contributed by atoms with van der Waals surface area (Å²) in [5.74, 6) is 1.66. The molecule has 1 heterocycles. The number of fused-ring (bicyclic) bond motifs is 1. The number of hydrogen-bond acceptors (Lipinski definition) is 2. The van der Waals surface area contributed by atoms with Crippen molar-refractivity contribution in [2.24, 2.45) is 5.92 Å². The van der Waals surface area contributed by atoms with E-state index in [0.717, 1.165) is 24.1 Å². The Kier molecular flexibility index (Phi) is 1.94. The van der Waals surface area contributed by atoms with Crippen LogP contribution in [0.5, 0.6) is 0 Å². The lowest BCUT2D eigenvalue weighted by Gasteiger charge is -2.22. The fourth-order valence-corrected chi connectivity index (χ4v) is 2.21. The molecule has 0 saturated carbocycles. The molecule has 0 aromatic carbocycles. The minimum absolute atomic E-state index is 0.478. The molecular formula is C10H14N2O. The quantitative estimate of drug-likeness (QED) is 0.668. The molecule has 0 spiro atoms. The first-order valence-corrected chi connectivity index (χ1v) is 4.74. The molecule has 1 aliphatic carbocycles. The Morgan fingerprint density at radius 3 is 3.00 bits per heavy atom. The molecule has 2 unspecified atom stereocenters. The van der Waals surface area contributed by atoms with E-state index in [4.69, 9.17) is 0 Å². The zero-order valence-electron chi connectivity index (χ0n) is 8.00. The standard InChI is InChI=1S/C10H14N2O/c1-6-3-7(2)10-8(4-6)11-9(5-13)12-10/h5-7H,3-4H2,1-2H3,(H,11,12). The number of nitrogens with one attached hydrogen (secondary N) is 1. The van der Waals surface area contributed by atoms with Gasteiger partial charge in [0.15, 0.2) is 12.1 Å². The fraction of sp³-hybridized carbons (Fsp3) is 0.600. The van der Waals surface area contributed by atoms with Gasteiger partial charge in [0, 0.05) is 11.6 Å². The summed E-state index contributed by atoms with van der Waals surface area (Å²) in [4.78, 5) is 17.8. The Hall–Kier alpha value is -1.12. The Labute approximate surface area is 77.6 Å². The molecule has 0 amide bonds. The van der Waals surface area contributed by atoms with Gasteiger partial charge < -0.3 is 4.98 Å². The molecule has 0 aliphatic heterocycles. The zero-order chi connectivity index (χ0) is 9.42. The van der Waals surface area contributed by atoms with Gasteiger partial charge in [0.2, 0.25) is 0 Å². The van der Waals surface area contributed by atoms with E-state index >= 15 is 0 Å². The van der Waals surface area contributed by atoms with Crippen molar-refractivity contribution < 1.29 is 4.79 Å². The Morgan fingerprint density at radius 2 is 2.31 bits per heavy atom. The summed E-state index contributed by atoms with van der Waals surface area (Å²) in [6.45, 7) is 4.41. The van der Waals surface area contributed by atoms with Crippen molar-refractivity contribution in [1.29, 1.82) is 0 Å². The Balaban J connectivity index is 2.40. The van der Waals surface area contributed by atoms with Gasteiger partial charge in [0.05, 0.1) is 5.69 Å². The van der Waals surface area contributed by atoms with E-state index in [1.54, 1.807) is 0 Å². The summed E-state index contributed by atoms with van der Waals surface area (Å²) in [7, 11) is 0. The van der Waals surface area contributed by atoms with Gasteiger partial charge in [-0.1, -0.05) is 13.8 Å². The number of imidazole rings is 1. The highest BCUT2D eigenvalue weighted by Gasteiger charge is 2.24. The maximum atomic E-state index is 10.5. The molecule has 1 aromatic rings. The lowest BCUT2D eigenvalue weighted by molar-refractivity contribution is 0.111. The van der Waals surface area contributed by atoms with Crippen LogP contribution in [0.3, 0.4) is 0 Å². The van der Waals surface area contributed by atoms with E-state index < -0.39 is 0 Å². The van der Waals surface area contributed by atoms with Crippen molar-refractivity contribution in [2.45, 2.75) is 32.6 Å². The molecule has 2 atom stereocenters. The molecule has 1 aliphatic rings. The van der Waals surface area contributed by atoms with E-state index in [1.165, 1.54) is 6.42 Å². The van der Waals surface area contributed by atoms with Gasteiger partial charge in [-0.2, -0.15) is 0 Å². The first kappa shape index (κ1) is 8.48. The highest BCUT2D eigenvalue weighted by atomic mass is 16.1. The van der Waals surface area contributed by atoms with Crippen molar-refractivity contribution in [2.75, 3.05) is 0 Å². The van der Waals surface area contributed by atoms with Crippen molar-refractivity contribution in [3.63, 3.8) is 0 Å². The van der Waals surface area contributed by atoms with Crippen LogP contribution in [0.1, 0.15) is 48.2 Å². The van der Waals surface area contributed by atoms with Crippen molar-refractivity contribution in [3.05, 3.63) is 17.2 Å². The number of aldehydes is 1. The van der Waals surface area contributed by atoms with Crippen molar-refractivity contribution in [3.8, 4) is 0 Å². The van der Waals surface area contributed by atoms with Crippen LogP contribution in [0.2, 0.25) is 0 Å². The number of hydrogen-bond donors (Lipinski definition) is 1. The normalized spacial score (nSPS) is 26.9. The van der Waals surface area contributed by atoms with Gasteiger partial charge in [0.25, 0.3) is 0 Å². The minimum Gasteiger partial charge on any atom is -0.339 e. The monoisotopic (exact) mass is 178 g/mol. The summed E-state index contributed by atoms with van der Waals surface area (Å²) < 4.78 is 0. The van der Waals surface area contributed by atoms with E-state index in [1.807, 2.05) is 0 Å². The number of aromatic nitrogens is 2. The van der Waals surface area contributed by atoms with Gasteiger partial charge in [-0.05, 0) is 18.8 Å². The fourth-order valence-electron chi connectivity index (χ4n) is 2.21. The molecule has 0 bridgehead atoms. The maximum absolute atomic E-state index is 10.5. The number of carbonyl (C=O) groups is 1. The predicted octanol–water partition coefficient (Wildman–Crippen LogP) is 1.91. The van der Waals surface area contributed by atoms with E-state index in [2.05, 4.69) is 23.8 Å². The second-order valence-electron chi connectivity index (χ2n) is 4.05. The zero-order valence-corrected chi connectivity index (χ0v) is 8.00. The summed E-state index contributed by atoms with van der Waals surface area (Å²) >= 11 is 0. The lowest BCUT2D eigenvalue weighted by atomic mass is 9.84. The predicted molar refractivity (Wildman–Crippen MR) is 49.9 cm³/mol. The van der Waals surface area contributed by atoms with Crippen LogP contribution in [0.15, 0.2) is 0 Å². The SMILES string of the molecule is CC1Cc2[nH]c(C=O)nc2C(C)C1. The molecule has 2 rings (SSSR count). The molecule has 0 fully saturated rings. The molecule has 70 valence electrons. The van der Waals surface area contributed by atoms with Crippen LogP contribution in [0, 0.1) is 5.92 Å². The third-order valence-corrected chi connectivity index (χ3v) is 2.72. The first-order chi connectivity index (χ1) is 6.20. The summed E-state index contributed by atoms with van der Waals surface area (Å²) in [6, 6.07) is 0. The molecule has 3 heteroatoms. The van der Waals surface area contributed by atoms with Crippen molar-refractivity contribution >= 4 is 6.29 Å². The average Bonchev–Trinajstić information content (AvgIpc) is 2.47. The van der Waals surface area contributed by atoms with Crippen LogP contribution in [-0.4, -0.2) is 16.3 Å². The van der Waals surface area contributed by atoms with Crippen LogP contribution in [0.4, 0.5) is 0 Å². The Morgan fingerprint density at radius 1 is 1.54 bits per heavy atom. The molecule has 0 radical (unpaired) electrons. The first-order valence-electron chi connectivity index (χ1n) is 4.74. The highest BCUT2D eigenvalue weighted by molar-refractivity contribution is 5.69. The number of nitrogens with zero attached hydrogens (tertiary/aromatic N) is 1. The second kappa shape index (κ2) is 2.98. The van der Waals surface area contributed by atoms with Crippen LogP contribution in [-0.2, 0) is 6.42 Å². The van der Waals surface area contributed by atoms with E-state index in [-0.39, 0.29) is 0 Å². The van der Waals surface area contributed by atoms with Gasteiger partial charge in [-0.15, -0.1) is 0 Å². The number of carbonyl (C=O) groups excluding carboxylic acids is 1. The molecule has 0 saturated heterocycles. The lowest BCUT2D eigenvalue weighted by Crippen LogP contribution is -2.14. The van der Waals surface area contributed by atoms with Crippen molar-refractivity contribution in [1.82, 2.24) is 9.97 Å². The van der Waals surface area contributed by atoms with Crippen LogP contribution in [0.25, 0.3) is 0 Å². The van der Waals surface area contributed by atoms with E-state index in [9.17, 15) is 4.79 Å². The Bertz CT molecular complexity index is 330. The minimum atomic E-state index is 0.478. The van der Waals surface area contributed by atoms with Gasteiger partial charge in [-0.25, -0.2) is 4.98 Å². The largest absolute Gasteiger partial charge is 0.339 e. The van der Waals surface area contributed by atoms with Gasteiger partial charge in [0.1, 0.15) is 0 Å². The number of aromatic amines is 1. The highest BCUT2D eigenvalue weighted by Crippen LogP contribution is 2.32.